The molecule has 24 heavy (non-hydrogen) atoms. The van der Waals surface area contributed by atoms with Gasteiger partial charge in [-0.05, 0) is 46.5 Å². The van der Waals surface area contributed by atoms with Crippen LogP contribution < -0.4 is 15.4 Å². The van der Waals surface area contributed by atoms with Gasteiger partial charge in [-0.1, -0.05) is 19.4 Å². The Balaban J connectivity index is 2.49. The Morgan fingerprint density at radius 2 is 2.08 bits per heavy atom. The van der Waals surface area contributed by atoms with Gasteiger partial charge in [0.15, 0.2) is 0 Å². The number of urea groups is 1. The van der Waals surface area contributed by atoms with Crippen LogP contribution >= 0.6 is 15.9 Å². The molecule has 1 aliphatic heterocycles. The van der Waals surface area contributed by atoms with Crippen LogP contribution in [0.3, 0.4) is 0 Å². The lowest BCUT2D eigenvalue weighted by atomic mass is 9.93. The third kappa shape index (κ3) is 3.90. The second kappa shape index (κ2) is 8.19. The van der Waals surface area contributed by atoms with Gasteiger partial charge in [0.2, 0.25) is 0 Å². The van der Waals surface area contributed by atoms with Crippen LogP contribution in [0.15, 0.2) is 33.9 Å². The maximum absolute atomic E-state index is 12.3. The lowest BCUT2D eigenvalue weighted by Crippen LogP contribution is -2.45. The predicted octanol–water partition coefficient (Wildman–Crippen LogP) is 3.43. The van der Waals surface area contributed by atoms with Crippen LogP contribution in [0.5, 0.6) is 5.75 Å². The minimum atomic E-state index is -0.569. The Labute approximate surface area is 149 Å². The fourth-order valence-electron chi connectivity index (χ4n) is 2.63. The molecule has 1 atom stereocenters. The highest BCUT2D eigenvalue weighted by atomic mass is 79.9. The average molecular weight is 397 g/mol. The quantitative estimate of drug-likeness (QED) is 0.722. The van der Waals surface area contributed by atoms with Crippen LogP contribution in [0.2, 0.25) is 0 Å². The van der Waals surface area contributed by atoms with E-state index in [0.29, 0.717) is 23.4 Å². The van der Waals surface area contributed by atoms with Crippen LogP contribution in [0.1, 0.15) is 37.8 Å². The van der Waals surface area contributed by atoms with E-state index in [-0.39, 0.29) is 6.03 Å². The number of benzene rings is 1. The maximum atomic E-state index is 12.3. The Hall–Kier alpha value is -2.02. The van der Waals surface area contributed by atoms with Crippen molar-refractivity contribution in [1.29, 1.82) is 0 Å². The molecule has 130 valence electrons. The van der Waals surface area contributed by atoms with Gasteiger partial charge in [0.1, 0.15) is 5.75 Å². The molecule has 0 saturated heterocycles. The van der Waals surface area contributed by atoms with E-state index < -0.39 is 12.0 Å². The lowest BCUT2D eigenvalue weighted by molar-refractivity contribution is -0.136. The lowest BCUT2D eigenvalue weighted by Gasteiger charge is -2.29. The molecule has 0 fully saturated rings. The molecule has 0 aliphatic carbocycles. The number of carbonyl (C=O) groups is 2. The number of nitrogens with one attached hydrogen (secondary N) is 2. The molecule has 0 aromatic heterocycles. The highest BCUT2D eigenvalue weighted by molar-refractivity contribution is 9.10. The van der Waals surface area contributed by atoms with Crippen molar-refractivity contribution in [3.05, 3.63) is 39.5 Å². The number of allylic oxidation sites excluding steroid dienone is 1. The first-order chi connectivity index (χ1) is 11.5. The summed E-state index contributed by atoms with van der Waals surface area (Å²) in [6.07, 6.45) is 2.44. The fraction of sp³-hybridized carbons (Fsp3) is 0.412. The fourth-order valence-corrected chi connectivity index (χ4v) is 3.19. The van der Waals surface area contributed by atoms with Gasteiger partial charge in [-0.25, -0.2) is 9.59 Å². The Kier molecular flexibility index (Phi) is 6.25. The average Bonchev–Trinajstić information content (AvgIpc) is 2.58. The van der Waals surface area contributed by atoms with Gasteiger partial charge in [0.25, 0.3) is 0 Å². The summed E-state index contributed by atoms with van der Waals surface area (Å²) in [7, 11) is 2.92. The maximum Gasteiger partial charge on any atom is 0.337 e. The van der Waals surface area contributed by atoms with Gasteiger partial charge in [0, 0.05) is 5.70 Å². The number of unbranched alkanes of at least 4 members (excludes halogenated alkanes) is 1. The van der Waals surface area contributed by atoms with Crippen LogP contribution in [0, 0.1) is 0 Å². The zero-order valence-electron chi connectivity index (χ0n) is 13.9. The highest BCUT2D eigenvalue weighted by Gasteiger charge is 2.33. The largest absolute Gasteiger partial charge is 0.496 e. The second-order valence-electron chi connectivity index (χ2n) is 5.41. The summed E-state index contributed by atoms with van der Waals surface area (Å²) < 4.78 is 10.9. The second-order valence-corrected chi connectivity index (χ2v) is 6.27. The molecule has 1 aromatic carbocycles. The van der Waals surface area contributed by atoms with Crippen LogP contribution in [-0.4, -0.2) is 26.2 Å². The molecule has 0 spiro atoms. The zero-order chi connectivity index (χ0) is 17.7. The van der Waals surface area contributed by atoms with Gasteiger partial charge >= 0.3 is 12.0 Å². The summed E-state index contributed by atoms with van der Waals surface area (Å²) in [5.74, 6) is 0.222. The standard InChI is InChI=1S/C17H21BrN2O4/c1-4-5-6-12-14(16(21)24-3)15(20-17(22)19-12)10-7-8-13(23-2)11(18)9-10/h7-9,15H,4-6H2,1-3H3,(H2,19,20,22). The van der Waals surface area contributed by atoms with E-state index >= 15 is 0 Å². The molecule has 0 saturated carbocycles. The first-order valence-corrected chi connectivity index (χ1v) is 8.53. The molecule has 1 aromatic rings. The third-order valence-corrected chi connectivity index (χ3v) is 4.47. The molecule has 1 aliphatic rings. The van der Waals surface area contributed by atoms with Crippen molar-refractivity contribution in [2.24, 2.45) is 0 Å². The third-order valence-electron chi connectivity index (χ3n) is 3.85. The first kappa shape index (κ1) is 18.3. The predicted molar refractivity (Wildman–Crippen MR) is 93.7 cm³/mol. The molecular formula is C17H21BrN2O4. The number of hydrogen-bond donors (Lipinski definition) is 2. The van der Waals surface area contributed by atoms with E-state index in [9.17, 15) is 9.59 Å². The summed E-state index contributed by atoms with van der Waals surface area (Å²) in [6, 6.07) is 4.54. The van der Waals surface area contributed by atoms with E-state index in [1.807, 2.05) is 12.1 Å². The Bertz CT molecular complexity index is 673. The molecule has 1 heterocycles. The van der Waals surface area contributed by atoms with Crippen molar-refractivity contribution in [2.75, 3.05) is 14.2 Å². The number of hydrogen-bond acceptors (Lipinski definition) is 4. The van der Waals surface area contributed by atoms with E-state index in [1.165, 1.54) is 7.11 Å². The van der Waals surface area contributed by atoms with Gasteiger partial charge in [0.05, 0.1) is 30.3 Å². The molecule has 0 bridgehead atoms. The monoisotopic (exact) mass is 396 g/mol. The van der Waals surface area contributed by atoms with Crippen molar-refractivity contribution in [1.82, 2.24) is 10.6 Å². The van der Waals surface area contributed by atoms with E-state index in [4.69, 9.17) is 9.47 Å². The highest BCUT2D eigenvalue weighted by Crippen LogP contribution is 2.33. The molecule has 2 rings (SSSR count). The molecule has 2 N–H and O–H groups in total. The number of amides is 2. The van der Waals surface area contributed by atoms with Gasteiger partial charge in [-0.3, -0.25) is 0 Å². The van der Waals surface area contributed by atoms with E-state index in [2.05, 4.69) is 33.5 Å². The number of rotatable bonds is 6. The number of esters is 1. The number of halogens is 1. The topological polar surface area (TPSA) is 76.7 Å². The SMILES string of the molecule is CCCCC1=C(C(=O)OC)C(c2ccc(OC)c(Br)c2)NC(=O)N1. The van der Waals surface area contributed by atoms with Crippen LogP contribution in [0.25, 0.3) is 0 Å². The summed E-state index contributed by atoms with van der Waals surface area (Å²) in [4.78, 5) is 24.4. The van der Waals surface area contributed by atoms with Crippen molar-refractivity contribution in [3.8, 4) is 5.75 Å². The minimum absolute atomic E-state index is 0.328. The number of carbonyl (C=O) groups excluding carboxylic acids is 2. The van der Waals surface area contributed by atoms with Crippen LogP contribution in [0.4, 0.5) is 4.79 Å². The molecule has 1 unspecified atom stereocenters. The normalized spacial score (nSPS) is 17.2. The summed E-state index contributed by atoms with van der Waals surface area (Å²) >= 11 is 3.43. The summed E-state index contributed by atoms with van der Waals surface area (Å²) in [5.41, 5.74) is 1.82. The van der Waals surface area contributed by atoms with Crippen LogP contribution in [-0.2, 0) is 9.53 Å². The van der Waals surface area contributed by atoms with Gasteiger partial charge < -0.3 is 20.1 Å². The molecule has 6 nitrogen and oxygen atoms in total. The van der Waals surface area contributed by atoms with E-state index in [0.717, 1.165) is 22.9 Å². The Morgan fingerprint density at radius 3 is 2.67 bits per heavy atom. The Morgan fingerprint density at radius 1 is 1.33 bits per heavy atom. The molecule has 0 radical (unpaired) electrons. The molecule has 7 heteroatoms. The minimum Gasteiger partial charge on any atom is -0.496 e. The first-order valence-electron chi connectivity index (χ1n) is 7.74. The van der Waals surface area contributed by atoms with Crippen molar-refractivity contribution in [2.45, 2.75) is 32.2 Å². The van der Waals surface area contributed by atoms with Crippen molar-refractivity contribution in [3.63, 3.8) is 0 Å². The van der Waals surface area contributed by atoms with Crippen molar-refractivity contribution >= 4 is 27.9 Å². The van der Waals surface area contributed by atoms with Crippen molar-refractivity contribution < 1.29 is 19.1 Å². The van der Waals surface area contributed by atoms with E-state index in [1.54, 1.807) is 13.2 Å². The summed E-state index contributed by atoms with van der Waals surface area (Å²) in [6.45, 7) is 2.05. The van der Waals surface area contributed by atoms with Gasteiger partial charge in [-0.2, -0.15) is 0 Å². The number of ether oxygens (including phenoxy) is 2. The summed E-state index contributed by atoms with van der Waals surface area (Å²) in [5, 5.41) is 5.54. The smallest absolute Gasteiger partial charge is 0.337 e. The molecular weight excluding hydrogens is 376 g/mol. The molecule has 2 amide bonds. The van der Waals surface area contributed by atoms with Gasteiger partial charge in [-0.15, -0.1) is 0 Å². The zero-order valence-corrected chi connectivity index (χ0v) is 15.5. The number of methoxy groups -OCH3 is 2.